The lowest BCUT2D eigenvalue weighted by molar-refractivity contribution is 0.820. The zero-order chi connectivity index (χ0) is 9.71. The molecule has 1 aromatic carbocycles. The highest BCUT2D eigenvalue weighted by atomic mass is 79.9. The quantitative estimate of drug-likeness (QED) is 0.760. The number of hydrogen-bond acceptors (Lipinski definition) is 1. The molecule has 0 saturated heterocycles. The van der Waals surface area contributed by atoms with Gasteiger partial charge < -0.3 is 4.57 Å². The van der Waals surface area contributed by atoms with Gasteiger partial charge in [0.2, 0.25) is 0 Å². The highest BCUT2D eigenvalue weighted by molar-refractivity contribution is 9.10. The molecule has 2 nitrogen and oxygen atoms in total. The van der Waals surface area contributed by atoms with Crippen molar-refractivity contribution in [2.24, 2.45) is 7.05 Å². The highest BCUT2D eigenvalue weighted by Gasteiger charge is 2.28. The summed E-state index contributed by atoms with van der Waals surface area (Å²) in [6, 6.07) is 6.26. The van der Waals surface area contributed by atoms with E-state index in [1.807, 2.05) is 6.07 Å². The zero-order valence-corrected chi connectivity index (χ0v) is 9.58. The predicted molar refractivity (Wildman–Crippen MR) is 60.4 cm³/mol. The SMILES string of the molecule is Cn1c(C2CC2)nc2ccc(Br)cc21. The molecule has 2 aromatic rings. The normalized spacial score (nSPS) is 16.4. The molecule has 0 radical (unpaired) electrons. The van der Waals surface area contributed by atoms with Crippen LogP contribution in [0, 0.1) is 0 Å². The Morgan fingerprint density at radius 3 is 2.93 bits per heavy atom. The predicted octanol–water partition coefficient (Wildman–Crippen LogP) is 3.21. The lowest BCUT2D eigenvalue weighted by Crippen LogP contribution is -1.94. The van der Waals surface area contributed by atoms with E-state index < -0.39 is 0 Å². The third-order valence-corrected chi connectivity index (χ3v) is 3.31. The van der Waals surface area contributed by atoms with Crippen LogP contribution >= 0.6 is 15.9 Å². The Labute approximate surface area is 91.1 Å². The van der Waals surface area contributed by atoms with Crippen molar-refractivity contribution in [1.29, 1.82) is 0 Å². The summed E-state index contributed by atoms with van der Waals surface area (Å²) in [6.45, 7) is 0. The number of hydrogen-bond donors (Lipinski definition) is 0. The van der Waals surface area contributed by atoms with Gasteiger partial charge in [0.25, 0.3) is 0 Å². The molecule has 1 aliphatic rings. The fraction of sp³-hybridized carbons (Fsp3) is 0.364. The van der Waals surface area contributed by atoms with Gasteiger partial charge >= 0.3 is 0 Å². The number of nitrogens with zero attached hydrogens (tertiary/aromatic N) is 2. The molecule has 1 heterocycles. The second kappa shape index (κ2) is 2.83. The first-order valence-corrected chi connectivity index (χ1v) is 5.67. The standard InChI is InChI=1S/C11H11BrN2/c1-14-10-6-8(12)4-5-9(10)13-11(14)7-2-3-7/h4-7H,2-3H2,1H3. The monoisotopic (exact) mass is 250 g/mol. The molecular formula is C11H11BrN2. The number of halogens is 1. The van der Waals surface area contributed by atoms with Gasteiger partial charge in [0, 0.05) is 17.4 Å². The summed E-state index contributed by atoms with van der Waals surface area (Å²) < 4.78 is 3.34. The number of benzene rings is 1. The van der Waals surface area contributed by atoms with E-state index >= 15 is 0 Å². The van der Waals surface area contributed by atoms with Crippen molar-refractivity contribution < 1.29 is 0 Å². The summed E-state index contributed by atoms with van der Waals surface area (Å²) >= 11 is 3.49. The van der Waals surface area contributed by atoms with Gasteiger partial charge in [-0.3, -0.25) is 0 Å². The van der Waals surface area contributed by atoms with Crippen molar-refractivity contribution in [1.82, 2.24) is 9.55 Å². The van der Waals surface area contributed by atoms with Crippen molar-refractivity contribution >= 4 is 27.0 Å². The second-order valence-electron chi connectivity index (χ2n) is 3.94. The largest absolute Gasteiger partial charge is 0.331 e. The fourth-order valence-electron chi connectivity index (χ4n) is 1.89. The van der Waals surface area contributed by atoms with E-state index in [2.05, 4.69) is 44.7 Å². The Bertz CT molecular complexity index is 497. The van der Waals surface area contributed by atoms with E-state index in [4.69, 9.17) is 0 Å². The second-order valence-corrected chi connectivity index (χ2v) is 4.85. The average Bonchev–Trinajstić information content (AvgIpc) is 2.95. The summed E-state index contributed by atoms with van der Waals surface area (Å²) in [5.41, 5.74) is 2.33. The van der Waals surface area contributed by atoms with Gasteiger partial charge in [-0.1, -0.05) is 15.9 Å². The van der Waals surface area contributed by atoms with Gasteiger partial charge in [0.15, 0.2) is 0 Å². The summed E-state index contributed by atoms with van der Waals surface area (Å²) in [5, 5.41) is 0. The molecule has 0 spiro atoms. The third kappa shape index (κ3) is 1.19. The molecular weight excluding hydrogens is 240 g/mol. The van der Waals surface area contributed by atoms with E-state index in [0.29, 0.717) is 5.92 Å². The van der Waals surface area contributed by atoms with Gasteiger partial charge in [-0.25, -0.2) is 4.98 Å². The molecule has 0 amide bonds. The third-order valence-electron chi connectivity index (χ3n) is 2.82. The molecule has 14 heavy (non-hydrogen) atoms. The van der Waals surface area contributed by atoms with Crippen LogP contribution in [0.1, 0.15) is 24.6 Å². The van der Waals surface area contributed by atoms with Crippen molar-refractivity contribution in [3.63, 3.8) is 0 Å². The number of imidazole rings is 1. The molecule has 3 rings (SSSR count). The molecule has 0 bridgehead atoms. The minimum absolute atomic E-state index is 0.714. The molecule has 0 unspecified atom stereocenters. The Balaban J connectivity index is 2.29. The highest BCUT2D eigenvalue weighted by Crippen LogP contribution is 2.40. The molecule has 1 fully saturated rings. The van der Waals surface area contributed by atoms with E-state index in [9.17, 15) is 0 Å². The lowest BCUT2D eigenvalue weighted by Gasteiger charge is -1.99. The van der Waals surface area contributed by atoms with Gasteiger partial charge in [0.1, 0.15) is 5.82 Å². The van der Waals surface area contributed by atoms with Crippen LogP contribution in [-0.4, -0.2) is 9.55 Å². The summed E-state index contributed by atoms with van der Waals surface area (Å²) in [5.74, 6) is 1.96. The van der Waals surface area contributed by atoms with Crippen LogP contribution in [0.5, 0.6) is 0 Å². The number of fused-ring (bicyclic) bond motifs is 1. The van der Waals surface area contributed by atoms with E-state index in [0.717, 1.165) is 9.99 Å². The van der Waals surface area contributed by atoms with Crippen LogP contribution < -0.4 is 0 Å². The first-order valence-electron chi connectivity index (χ1n) is 4.87. The Morgan fingerprint density at radius 1 is 1.43 bits per heavy atom. The number of aryl methyl sites for hydroxylation is 1. The van der Waals surface area contributed by atoms with Crippen LogP contribution in [0.3, 0.4) is 0 Å². The molecule has 1 aliphatic carbocycles. The fourth-order valence-corrected chi connectivity index (χ4v) is 2.24. The molecule has 3 heteroatoms. The number of aromatic nitrogens is 2. The maximum absolute atomic E-state index is 4.66. The summed E-state index contributed by atoms with van der Waals surface area (Å²) in [6.07, 6.45) is 2.61. The topological polar surface area (TPSA) is 17.8 Å². The molecule has 72 valence electrons. The van der Waals surface area contributed by atoms with Crippen LogP contribution in [-0.2, 0) is 7.05 Å². The molecule has 1 saturated carbocycles. The zero-order valence-electron chi connectivity index (χ0n) is 8.00. The van der Waals surface area contributed by atoms with Gasteiger partial charge in [0.05, 0.1) is 11.0 Å². The minimum atomic E-state index is 0.714. The van der Waals surface area contributed by atoms with Crippen LogP contribution in [0.4, 0.5) is 0 Å². The smallest absolute Gasteiger partial charge is 0.112 e. The first-order chi connectivity index (χ1) is 6.75. The molecule has 0 aliphatic heterocycles. The van der Waals surface area contributed by atoms with Gasteiger partial charge in [-0.15, -0.1) is 0 Å². The van der Waals surface area contributed by atoms with Crippen LogP contribution in [0.2, 0.25) is 0 Å². The van der Waals surface area contributed by atoms with E-state index in [1.165, 1.54) is 24.2 Å². The maximum atomic E-state index is 4.66. The first kappa shape index (κ1) is 8.48. The Kier molecular flexibility index (Phi) is 1.71. The van der Waals surface area contributed by atoms with Crippen molar-refractivity contribution in [2.45, 2.75) is 18.8 Å². The lowest BCUT2D eigenvalue weighted by atomic mass is 10.3. The van der Waals surface area contributed by atoms with Crippen LogP contribution in [0.25, 0.3) is 11.0 Å². The molecule has 0 atom stereocenters. The van der Waals surface area contributed by atoms with Crippen LogP contribution in [0.15, 0.2) is 22.7 Å². The van der Waals surface area contributed by atoms with Crippen molar-refractivity contribution in [3.8, 4) is 0 Å². The average molecular weight is 251 g/mol. The molecule has 1 aromatic heterocycles. The van der Waals surface area contributed by atoms with Crippen molar-refractivity contribution in [3.05, 3.63) is 28.5 Å². The summed E-state index contributed by atoms with van der Waals surface area (Å²) in [4.78, 5) is 4.66. The molecule has 0 N–H and O–H groups in total. The van der Waals surface area contributed by atoms with E-state index in [1.54, 1.807) is 0 Å². The van der Waals surface area contributed by atoms with Gasteiger partial charge in [-0.05, 0) is 31.0 Å². The number of rotatable bonds is 1. The minimum Gasteiger partial charge on any atom is -0.331 e. The Hall–Kier alpha value is -0.830. The summed E-state index contributed by atoms with van der Waals surface area (Å²) in [7, 11) is 2.11. The van der Waals surface area contributed by atoms with Crippen molar-refractivity contribution in [2.75, 3.05) is 0 Å². The van der Waals surface area contributed by atoms with E-state index in [-0.39, 0.29) is 0 Å². The van der Waals surface area contributed by atoms with Gasteiger partial charge in [-0.2, -0.15) is 0 Å². The maximum Gasteiger partial charge on any atom is 0.112 e. The Morgan fingerprint density at radius 2 is 2.21 bits per heavy atom.